The van der Waals surface area contributed by atoms with Crippen molar-refractivity contribution in [1.82, 2.24) is 4.67 Å². The number of anilines is 1. The van der Waals surface area contributed by atoms with E-state index in [4.69, 9.17) is 0 Å². The Kier molecular flexibility index (Phi) is 7.19. The first-order valence-electron chi connectivity index (χ1n) is 8.35. The molecule has 23 heavy (non-hydrogen) atoms. The number of carbonyl (C=O) groups is 1. The third-order valence-corrected chi connectivity index (χ3v) is 4.50. The maximum Gasteiger partial charge on any atom is 0.229 e. The molecule has 1 unspecified atom stereocenters. The topological polar surface area (TPSA) is 52.6 Å². The quantitative estimate of drug-likeness (QED) is 0.807. The first kappa shape index (κ1) is 20.1. The van der Waals surface area contributed by atoms with Crippen LogP contribution in [-0.2, 0) is 10.4 Å². The molecule has 4 nitrogen and oxygen atoms in total. The van der Waals surface area contributed by atoms with E-state index in [1.807, 2.05) is 58.9 Å². The van der Waals surface area contributed by atoms with E-state index in [1.165, 1.54) is 0 Å². The molecule has 1 heterocycles. The van der Waals surface area contributed by atoms with Crippen molar-refractivity contribution in [3.05, 3.63) is 29.8 Å². The van der Waals surface area contributed by atoms with Gasteiger partial charge in [-0.25, -0.2) is 0 Å². The molecule has 2 rings (SSSR count). The maximum absolute atomic E-state index is 12.2. The third kappa shape index (κ3) is 5.27. The summed E-state index contributed by atoms with van der Waals surface area (Å²) in [5.41, 5.74) is 0.214. The van der Waals surface area contributed by atoms with Crippen LogP contribution in [0.3, 0.4) is 0 Å². The highest BCUT2D eigenvalue weighted by molar-refractivity contribution is 7.13. The van der Waals surface area contributed by atoms with E-state index in [9.17, 15) is 9.90 Å². The summed E-state index contributed by atoms with van der Waals surface area (Å²) < 4.78 is 2.13. The molecule has 1 atom stereocenters. The standard InChI is InChI=1S/C16H25N2O2P.C2H6/c1-15(2,3)14(19)17-13-7-5-4-6-12(13)16(20)8-10-18(21)11-9-16;1-2/h4-7,20H,8-11,21H2,1-3H3,(H,17,19);1-2H3. The Morgan fingerprint density at radius 3 is 2.26 bits per heavy atom. The van der Waals surface area contributed by atoms with Crippen LogP contribution in [0, 0.1) is 5.41 Å². The van der Waals surface area contributed by atoms with E-state index < -0.39 is 11.0 Å². The fraction of sp³-hybridized carbons (Fsp3) is 0.611. The normalized spacial score (nSPS) is 17.9. The summed E-state index contributed by atoms with van der Waals surface area (Å²) in [6.07, 6.45) is 1.33. The number of hydrogen-bond donors (Lipinski definition) is 2. The summed E-state index contributed by atoms with van der Waals surface area (Å²) in [6, 6.07) is 7.57. The Hall–Kier alpha value is -0.960. The summed E-state index contributed by atoms with van der Waals surface area (Å²) in [6.45, 7) is 11.3. The zero-order valence-corrected chi connectivity index (χ0v) is 16.2. The molecule has 1 saturated heterocycles. The second-order valence-electron chi connectivity index (χ2n) is 6.82. The van der Waals surface area contributed by atoms with Crippen molar-refractivity contribution in [3.63, 3.8) is 0 Å². The summed E-state index contributed by atoms with van der Waals surface area (Å²) in [7, 11) is 2.68. The van der Waals surface area contributed by atoms with Gasteiger partial charge in [-0.2, -0.15) is 0 Å². The molecule has 2 N–H and O–H groups in total. The van der Waals surface area contributed by atoms with Crippen LogP contribution in [0.15, 0.2) is 24.3 Å². The molecule has 0 aromatic heterocycles. The number of nitrogens with zero attached hydrogens (tertiary/aromatic N) is 1. The summed E-state index contributed by atoms with van der Waals surface area (Å²) in [5.74, 6) is -0.0398. The number of amides is 1. The molecule has 1 aromatic carbocycles. The molecule has 1 fully saturated rings. The molecule has 0 aliphatic carbocycles. The molecular weight excluding hydrogens is 307 g/mol. The van der Waals surface area contributed by atoms with Crippen molar-refractivity contribution in [2.24, 2.45) is 5.41 Å². The summed E-state index contributed by atoms with van der Waals surface area (Å²) in [4.78, 5) is 12.2. The number of rotatable bonds is 2. The Morgan fingerprint density at radius 2 is 1.74 bits per heavy atom. The van der Waals surface area contributed by atoms with Gasteiger partial charge in [-0.15, -0.1) is 0 Å². The van der Waals surface area contributed by atoms with Crippen molar-refractivity contribution in [2.45, 2.75) is 53.1 Å². The highest BCUT2D eigenvalue weighted by atomic mass is 31.0. The van der Waals surface area contributed by atoms with Crippen molar-refractivity contribution in [3.8, 4) is 0 Å². The van der Waals surface area contributed by atoms with Gasteiger partial charge in [0.05, 0.1) is 5.60 Å². The van der Waals surface area contributed by atoms with Crippen LogP contribution in [0.4, 0.5) is 5.69 Å². The van der Waals surface area contributed by atoms with Gasteiger partial charge < -0.3 is 10.4 Å². The van der Waals surface area contributed by atoms with Crippen LogP contribution in [0.2, 0.25) is 0 Å². The van der Waals surface area contributed by atoms with Crippen LogP contribution in [-0.4, -0.2) is 28.8 Å². The molecule has 130 valence electrons. The Morgan fingerprint density at radius 1 is 1.22 bits per heavy atom. The van der Waals surface area contributed by atoms with Gasteiger partial charge in [0.1, 0.15) is 0 Å². The highest BCUT2D eigenvalue weighted by Crippen LogP contribution is 2.38. The number of carbonyl (C=O) groups excluding carboxylic acids is 1. The van der Waals surface area contributed by atoms with Crippen molar-refractivity contribution < 1.29 is 9.90 Å². The molecule has 0 saturated carbocycles. The van der Waals surface area contributed by atoms with E-state index in [1.54, 1.807) is 0 Å². The van der Waals surface area contributed by atoms with Crippen LogP contribution in [0.1, 0.15) is 53.0 Å². The van der Waals surface area contributed by atoms with Gasteiger partial charge in [0.25, 0.3) is 0 Å². The fourth-order valence-electron chi connectivity index (χ4n) is 2.47. The average Bonchev–Trinajstić information content (AvgIpc) is 2.52. The van der Waals surface area contributed by atoms with E-state index in [-0.39, 0.29) is 5.91 Å². The van der Waals surface area contributed by atoms with Gasteiger partial charge in [0.2, 0.25) is 5.91 Å². The van der Waals surface area contributed by atoms with Crippen LogP contribution in [0.25, 0.3) is 0 Å². The Balaban J connectivity index is 0.00000127. The summed E-state index contributed by atoms with van der Waals surface area (Å²) >= 11 is 0. The van der Waals surface area contributed by atoms with Crippen LogP contribution < -0.4 is 5.32 Å². The van der Waals surface area contributed by atoms with Crippen molar-refractivity contribution in [1.29, 1.82) is 0 Å². The minimum absolute atomic E-state index is 0.0398. The first-order valence-corrected chi connectivity index (χ1v) is 8.87. The van der Waals surface area contributed by atoms with Gasteiger partial charge >= 0.3 is 0 Å². The van der Waals surface area contributed by atoms with Gasteiger partial charge in [-0.05, 0) is 18.9 Å². The molecule has 0 radical (unpaired) electrons. The summed E-state index contributed by atoms with van der Waals surface area (Å²) in [5, 5.41) is 13.9. The lowest BCUT2D eigenvalue weighted by Gasteiger charge is -2.38. The lowest BCUT2D eigenvalue weighted by Crippen LogP contribution is -2.39. The minimum Gasteiger partial charge on any atom is -0.385 e. The number of piperidine rings is 1. The number of hydrogen-bond acceptors (Lipinski definition) is 3. The molecule has 5 heteroatoms. The maximum atomic E-state index is 12.2. The molecule has 0 spiro atoms. The van der Waals surface area contributed by atoms with Crippen LogP contribution in [0.5, 0.6) is 0 Å². The second-order valence-corrected chi connectivity index (χ2v) is 7.55. The third-order valence-electron chi connectivity index (χ3n) is 3.98. The van der Waals surface area contributed by atoms with Crippen LogP contribution >= 0.6 is 9.39 Å². The van der Waals surface area contributed by atoms with Gasteiger partial charge in [-0.3, -0.25) is 9.46 Å². The van der Waals surface area contributed by atoms with E-state index in [2.05, 4.69) is 19.4 Å². The predicted octanol–water partition coefficient (Wildman–Crippen LogP) is 3.77. The SMILES string of the molecule is CC.CC(C)(C)C(=O)Nc1ccccc1C1(O)CCN(P)CC1. The highest BCUT2D eigenvalue weighted by Gasteiger charge is 2.35. The predicted molar refractivity (Wildman–Crippen MR) is 100 cm³/mol. The minimum atomic E-state index is -0.866. The van der Waals surface area contributed by atoms with Gasteiger partial charge in [0.15, 0.2) is 0 Å². The molecule has 1 amide bonds. The molecular formula is C18H31N2O2P. The zero-order chi connectivity index (χ0) is 17.7. The van der Waals surface area contributed by atoms with Gasteiger partial charge in [0, 0.05) is 29.8 Å². The molecule has 1 aliphatic rings. The van der Waals surface area contributed by atoms with Gasteiger partial charge in [-0.1, -0.05) is 62.2 Å². The largest absolute Gasteiger partial charge is 0.385 e. The first-order chi connectivity index (χ1) is 10.7. The van der Waals surface area contributed by atoms with Crippen molar-refractivity contribution in [2.75, 3.05) is 18.4 Å². The zero-order valence-electron chi connectivity index (χ0n) is 15.0. The molecule has 1 aliphatic heterocycles. The number of para-hydroxylation sites is 1. The Bertz CT molecular complexity index is 518. The average molecular weight is 338 g/mol. The second kappa shape index (κ2) is 8.23. The molecule has 1 aromatic rings. The smallest absolute Gasteiger partial charge is 0.229 e. The fourth-order valence-corrected chi connectivity index (χ4v) is 2.73. The number of nitrogens with one attached hydrogen (secondary N) is 1. The van der Waals surface area contributed by atoms with E-state index >= 15 is 0 Å². The van der Waals surface area contributed by atoms with Crippen molar-refractivity contribution >= 4 is 21.0 Å². The monoisotopic (exact) mass is 338 g/mol. The van der Waals surface area contributed by atoms with E-state index in [0.29, 0.717) is 12.8 Å². The Labute approximate surface area is 142 Å². The lowest BCUT2D eigenvalue weighted by atomic mass is 9.84. The number of aliphatic hydroxyl groups is 1. The van der Waals surface area contributed by atoms with E-state index in [0.717, 1.165) is 24.3 Å². The molecule has 0 bridgehead atoms. The number of benzene rings is 1. The lowest BCUT2D eigenvalue weighted by molar-refractivity contribution is -0.123.